The molecule has 1 N–H and O–H groups in total. The van der Waals surface area contributed by atoms with Gasteiger partial charge in [0.15, 0.2) is 0 Å². The maximum atomic E-state index is 9.27. The van der Waals surface area contributed by atoms with Gasteiger partial charge in [0, 0.05) is 0 Å². The number of hydrogen-bond donors (Lipinski definition) is 1. The molecule has 0 aliphatic carbocycles. The monoisotopic (exact) mass is 135 g/mol. The first-order chi connectivity index (χ1) is 2.27. The summed E-state index contributed by atoms with van der Waals surface area (Å²) in [5, 5.41) is 7.62. The summed E-state index contributed by atoms with van der Waals surface area (Å²) in [5.74, 6) is -0.954. The van der Waals surface area contributed by atoms with Crippen molar-refractivity contribution in [3.8, 4) is 0 Å². The summed E-state index contributed by atoms with van der Waals surface area (Å²) < 4.78 is 0. The second kappa shape index (κ2) is 2.26. The molecule has 0 rings (SSSR count). The first kappa shape index (κ1) is 5.01. The molecular weight excluding hydrogens is 135 g/mol. The average Bonchev–Trinajstić information content (AvgIpc) is 1.38. The number of hydrogen-bond acceptors (Lipinski definition) is 1. The standard InChI is InChI=1S/CHBBrO2/c3-2-1(4)5/h(H,4,5). The maximum absolute atomic E-state index is 9.27. The Balaban J connectivity index is 2.85. The number of carbonyl (C=O) groups is 1. The van der Waals surface area contributed by atoms with E-state index in [0.29, 0.717) is 0 Å². The van der Waals surface area contributed by atoms with Gasteiger partial charge in [-0.3, -0.25) is 4.79 Å². The molecule has 0 aromatic carbocycles. The van der Waals surface area contributed by atoms with Gasteiger partial charge in [-0.05, 0) is 0 Å². The van der Waals surface area contributed by atoms with Crippen LogP contribution in [0.25, 0.3) is 0 Å². The molecule has 0 aromatic rings. The second-order valence-electron chi connectivity index (χ2n) is 0.447. The third-order valence-corrected chi connectivity index (χ3v) is 0.485. The third-order valence-electron chi connectivity index (χ3n) is 0.0933. The summed E-state index contributed by atoms with van der Waals surface area (Å²) >= 11 is 2.59. The van der Waals surface area contributed by atoms with Crippen molar-refractivity contribution in [3.05, 3.63) is 0 Å². The molecular formula is CHBBrO2. The summed E-state index contributed by atoms with van der Waals surface area (Å²) in [6, 6.07) is 0. The molecule has 0 aliphatic rings. The van der Waals surface area contributed by atoms with Crippen molar-refractivity contribution in [3.63, 3.8) is 0 Å². The first-order valence-electron chi connectivity index (χ1n) is 0.935. The molecule has 0 aliphatic heterocycles. The van der Waals surface area contributed by atoms with Crippen LogP contribution in [0.2, 0.25) is 0 Å². The van der Waals surface area contributed by atoms with Gasteiger partial charge in [0.25, 0.3) is 5.87 Å². The largest absolute Gasteiger partial charge is 0.489 e. The highest BCUT2D eigenvalue weighted by Gasteiger charge is 1.88. The van der Waals surface area contributed by atoms with Gasteiger partial charge < -0.3 is 5.11 Å². The molecule has 2 nitrogen and oxygen atoms in total. The van der Waals surface area contributed by atoms with E-state index in [1.807, 2.05) is 0 Å². The van der Waals surface area contributed by atoms with Crippen LogP contribution < -0.4 is 0 Å². The van der Waals surface area contributed by atoms with Crippen molar-refractivity contribution in [2.24, 2.45) is 0 Å². The van der Waals surface area contributed by atoms with Crippen molar-refractivity contribution in [1.82, 2.24) is 0 Å². The van der Waals surface area contributed by atoms with Crippen LogP contribution in [0.1, 0.15) is 0 Å². The molecule has 0 unspecified atom stereocenters. The van der Waals surface area contributed by atoms with Crippen molar-refractivity contribution < 1.29 is 9.90 Å². The zero-order chi connectivity index (χ0) is 4.28. The lowest BCUT2D eigenvalue weighted by atomic mass is 10.2. The Kier molecular flexibility index (Phi) is 2.27. The Morgan fingerprint density at radius 3 is 2.20 bits per heavy atom. The number of halogens is 1. The normalized spacial score (nSPS) is 6.60. The van der Waals surface area contributed by atoms with Gasteiger partial charge in [0.2, 0.25) is 0 Å². The fraction of sp³-hybridized carbons (Fsp3) is 0. The zero-order valence-electron chi connectivity index (χ0n) is 2.31. The van der Waals surface area contributed by atoms with Gasteiger partial charge in [0.05, 0.1) is 0 Å². The van der Waals surface area contributed by atoms with Crippen molar-refractivity contribution in [2.75, 3.05) is 0 Å². The Labute approximate surface area is 38.4 Å². The van der Waals surface area contributed by atoms with Crippen LogP contribution >= 0.6 is 15.8 Å². The highest BCUT2D eigenvalue weighted by Crippen LogP contribution is 1.71. The number of rotatable bonds is 1. The molecule has 0 bridgehead atoms. The molecule has 0 heterocycles. The minimum Gasteiger partial charge on any atom is -0.489 e. The van der Waals surface area contributed by atoms with Gasteiger partial charge in [-0.1, -0.05) is 0 Å². The summed E-state index contributed by atoms with van der Waals surface area (Å²) in [6.45, 7) is 0. The molecule has 1 radical (unpaired) electrons. The highest BCUT2D eigenvalue weighted by molar-refractivity contribution is 9.24. The van der Waals surface area contributed by atoms with Gasteiger partial charge >= 0.3 is 6.10 Å². The van der Waals surface area contributed by atoms with Crippen LogP contribution in [0.3, 0.4) is 0 Å². The molecule has 5 heavy (non-hydrogen) atoms. The fourth-order valence-corrected chi connectivity index (χ4v) is 0. The topological polar surface area (TPSA) is 37.3 Å². The molecule has 0 amide bonds. The predicted octanol–water partition coefficient (Wildman–Crippen LogP) is 0.678. The molecule has 4 heteroatoms. The predicted molar refractivity (Wildman–Crippen MR) is 22.7 cm³/mol. The van der Waals surface area contributed by atoms with E-state index in [1.165, 1.54) is 0 Å². The summed E-state index contributed by atoms with van der Waals surface area (Å²) in [5.41, 5.74) is 0. The van der Waals surface area contributed by atoms with Gasteiger partial charge in [-0.15, -0.1) is 15.8 Å². The van der Waals surface area contributed by atoms with Gasteiger partial charge in [-0.25, -0.2) is 0 Å². The molecule has 27 valence electrons. The second-order valence-corrected chi connectivity index (χ2v) is 0.905. The van der Waals surface area contributed by atoms with E-state index in [1.54, 1.807) is 0 Å². The lowest BCUT2D eigenvalue weighted by molar-refractivity contribution is 0.220. The molecule has 0 fully saturated rings. The van der Waals surface area contributed by atoms with Crippen LogP contribution in [0.4, 0.5) is 4.79 Å². The van der Waals surface area contributed by atoms with Crippen molar-refractivity contribution in [2.45, 2.75) is 0 Å². The summed E-state index contributed by atoms with van der Waals surface area (Å²) in [7, 11) is 0. The summed E-state index contributed by atoms with van der Waals surface area (Å²) in [6.07, 6.45) is 0.896. The van der Waals surface area contributed by atoms with Crippen LogP contribution in [0.5, 0.6) is 0 Å². The fourth-order valence-electron chi connectivity index (χ4n) is 0. The van der Waals surface area contributed by atoms with Gasteiger partial charge in [-0.2, -0.15) is 0 Å². The van der Waals surface area contributed by atoms with Crippen LogP contribution in [0.15, 0.2) is 0 Å². The first-order valence-corrected chi connectivity index (χ1v) is 1.85. The van der Waals surface area contributed by atoms with Gasteiger partial charge in [0.1, 0.15) is 0 Å². The Morgan fingerprint density at radius 2 is 2.20 bits per heavy atom. The summed E-state index contributed by atoms with van der Waals surface area (Å²) in [4.78, 5) is 9.27. The molecule has 0 spiro atoms. The van der Waals surface area contributed by atoms with E-state index in [9.17, 15) is 4.79 Å². The maximum Gasteiger partial charge on any atom is 0.350 e. The van der Waals surface area contributed by atoms with Crippen molar-refractivity contribution in [1.29, 1.82) is 0 Å². The van der Waals surface area contributed by atoms with E-state index < -0.39 is 5.87 Å². The van der Waals surface area contributed by atoms with E-state index in [-0.39, 0.29) is 0 Å². The van der Waals surface area contributed by atoms with E-state index in [4.69, 9.17) is 5.11 Å². The Hall–Kier alpha value is 0.0149. The van der Waals surface area contributed by atoms with E-state index in [2.05, 4.69) is 15.8 Å². The third kappa shape index (κ3) is 4.01. The minimum absolute atomic E-state index is 0.896. The molecule has 0 saturated heterocycles. The molecule has 0 aromatic heterocycles. The lowest BCUT2D eigenvalue weighted by Gasteiger charge is -1.67. The van der Waals surface area contributed by atoms with Crippen molar-refractivity contribution >= 4 is 27.7 Å². The highest BCUT2D eigenvalue weighted by atomic mass is 79.9. The van der Waals surface area contributed by atoms with E-state index in [0.717, 1.165) is 6.10 Å². The molecule has 0 atom stereocenters. The van der Waals surface area contributed by atoms with Crippen LogP contribution in [-0.2, 0) is 0 Å². The lowest BCUT2D eigenvalue weighted by Crippen LogP contribution is -1.93. The average molecular weight is 136 g/mol. The minimum atomic E-state index is -0.954. The smallest absolute Gasteiger partial charge is 0.350 e. The Morgan fingerprint density at radius 1 is 2.00 bits per heavy atom. The SMILES string of the molecule is O=C(O)[B]Br. The zero-order valence-corrected chi connectivity index (χ0v) is 3.90. The van der Waals surface area contributed by atoms with Crippen LogP contribution in [0, 0.1) is 0 Å². The molecule has 0 saturated carbocycles. The Bertz CT molecular complexity index is 44.9. The van der Waals surface area contributed by atoms with E-state index >= 15 is 0 Å². The quantitative estimate of drug-likeness (QED) is 0.537. The van der Waals surface area contributed by atoms with Crippen LogP contribution in [-0.4, -0.2) is 17.1 Å². The number of carboxylic acid groups (broad SMARTS) is 1.